The third-order valence-corrected chi connectivity index (χ3v) is 3.88. The van der Waals surface area contributed by atoms with Gasteiger partial charge in [-0.25, -0.2) is 4.79 Å². The number of hydrogen-bond acceptors (Lipinski definition) is 5. The van der Waals surface area contributed by atoms with Gasteiger partial charge in [0.2, 0.25) is 0 Å². The molecule has 142 valence electrons. The number of anilines is 1. The van der Waals surface area contributed by atoms with E-state index in [1.807, 2.05) is 0 Å². The van der Waals surface area contributed by atoms with Gasteiger partial charge in [0.05, 0.1) is 18.2 Å². The van der Waals surface area contributed by atoms with Crippen LogP contribution in [0.25, 0.3) is 0 Å². The molecule has 0 aromatic heterocycles. The number of amides is 2. The Morgan fingerprint density at radius 1 is 1.07 bits per heavy atom. The third-order valence-electron chi connectivity index (χ3n) is 3.88. The fraction of sp³-hybridized carbons (Fsp3) is 0.250. The van der Waals surface area contributed by atoms with Gasteiger partial charge in [-0.1, -0.05) is 12.1 Å². The first kappa shape index (κ1) is 20.0. The number of esters is 1. The van der Waals surface area contributed by atoms with Gasteiger partial charge in [-0.15, -0.1) is 0 Å². The number of nitrogens with zero attached hydrogens (tertiary/aromatic N) is 1. The molecular formula is C20H22N2O5. The quantitative estimate of drug-likeness (QED) is 0.790. The predicted molar refractivity (Wildman–Crippen MR) is 101 cm³/mol. The lowest BCUT2D eigenvalue weighted by Crippen LogP contribution is -2.28. The summed E-state index contributed by atoms with van der Waals surface area (Å²) in [6, 6.07) is 11.5. The van der Waals surface area contributed by atoms with Crippen molar-refractivity contribution in [2.24, 2.45) is 0 Å². The van der Waals surface area contributed by atoms with E-state index in [-0.39, 0.29) is 18.4 Å². The van der Waals surface area contributed by atoms with Crippen LogP contribution in [-0.2, 0) is 9.53 Å². The smallest absolute Gasteiger partial charge is 0.337 e. The van der Waals surface area contributed by atoms with Gasteiger partial charge in [0.15, 0.2) is 6.61 Å². The summed E-state index contributed by atoms with van der Waals surface area (Å²) in [6.45, 7) is 1.62. The highest BCUT2D eigenvalue weighted by atomic mass is 16.5. The Morgan fingerprint density at radius 2 is 1.78 bits per heavy atom. The zero-order valence-electron chi connectivity index (χ0n) is 15.7. The van der Waals surface area contributed by atoms with Crippen LogP contribution in [0.4, 0.5) is 5.69 Å². The van der Waals surface area contributed by atoms with Crippen molar-refractivity contribution < 1.29 is 23.9 Å². The summed E-state index contributed by atoms with van der Waals surface area (Å²) < 4.78 is 10.2. The molecule has 0 unspecified atom stereocenters. The Morgan fingerprint density at radius 3 is 2.41 bits per heavy atom. The summed E-state index contributed by atoms with van der Waals surface area (Å²) >= 11 is 0. The Kier molecular flexibility index (Phi) is 6.54. The number of hydrogen-bond donors (Lipinski definition) is 1. The van der Waals surface area contributed by atoms with Crippen LogP contribution in [0.5, 0.6) is 5.75 Å². The van der Waals surface area contributed by atoms with Crippen molar-refractivity contribution in [3.8, 4) is 5.75 Å². The Balaban J connectivity index is 2.17. The number of carbonyl (C=O) groups excluding carboxylic acids is 3. The molecule has 0 spiro atoms. The average molecular weight is 370 g/mol. The fourth-order valence-corrected chi connectivity index (χ4v) is 2.29. The summed E-state index contributed by atoms with van der Waals surface area (Å²) in [5.41, 5.74) is 1.98. The van der Waals surface area contributed by atoms with Crippen LogP contribution in [0.3, 0.4) is 0 Å². The summed E-state index contributed by atoms with van der Waals surface area (Å²) in [5.74, 6) is -0.717. The molecule has 1 N–H and O–H groups in total. The maximum absolute atomic E-state index is 12.7. The normalized spacial score (nSPS) is 10.1. The largest absolute Gasteiger partial charge is 0.483 e. The molecule has 7 nitrogen and oxygen atoms in total. The molecule has 0 radical (unpaired) electrons. The lowest BCUT2D eigenvalue weighted by atomic mass is 10.1. The number of para-hydroxylation sites is 1. The lowest BCUT2D eigenvalue weighted by Gasteiger charge is -2.14. The van der Waals surface area contributed by atoms with Crippen molar-refractivity contribution in [1.29, 1.82) is 0 Å². The van der Waals surface area contributed by atoms with Crippen LogP contribution in [0.2, 0.25) is 0 Å². The van der Waals surface area contributed by atoms with E-state index in [9.17, 15) is 14.4 Å². The number of methoxy groups -OCH3 is 1. The first-order chi connectivity index (χ1) is 12.8. The zero-order chi connectivity index (χ0) is 20.0. The molecule has 0 saturated heterocycles. The van der Waals surface area contributed by atoms with Gasteiger partial charge >= 0.3 is 5.97 Å². The van der Waals surface area contributed by atoms with Crippen LogP contribution in [0.1, 0.15) is 26.3 Å². The average Bonchev–Trinajstić information content (AvgIpc) is 2.66. The lowest BCUT2D eigenvalue weighted by molar-refractivity contribution is -0.130. The van der Waals surface area contributed by atoms with E-state index in [0.717, 1.165) is 0 Å². The molecule has 2 rings (SSSR count). The standard InChI is InChI=1S/C20H22N2O5/c1-13-11-14(20(25)26-4)9-10-16(13)21-19(24)15-7-5-6-8-17(15)27-12-18(23)22(2)3/h5-11H,12H2,1-4H3,(H,21,24). The first-order valence-electron chi connectivity index (χ1n) is 8.25. The second-order valence-electron chi connectivity index (χ2n) is 6.05. The number of rotatable bonds is 6. The minimum absolute atomic E-state index is 0.163. The number of benzene rings is 2. The fourth-order valence-electron chi connectivity index (χ4n) is 2.29. The summed E-state index contributed by atoms with van der Waals surface area (Å²) in [5, 5.41) is 2.80. The molecule has 7 heteroatoms. The molecule has 0 aliphatic rings. The summed E-state index contributed by atoms with van der Waals surface area (Å²) in [6.07, 6.45) is 0. The molecule has 2 amide bonds. The van der Waals surface area contributed by atoms with Gasteiger partial charge in [-0.3, -0.25) is 9.59 Å². The second-order valence-corrected chi connectivity index (χ2v) is 6.05. The predicted octanol–water partition coefficient (Wildman–Crippen LogP) is 2.50. The minimum atomic E-state index is -0.444. The molecule has 0 atom stereocenters. The van der Waals surface area contributed by atoms with Crippen LogP contribution >= 0.6 is 0 Å². The number of nitrogens with one attached hydrogen (secondary N) is 1. The highest BCUT2D eigenvalue weighted by Gasteiger charge is 2.16. The number of ether oxygens (including phenoxy) is 2. The van der Waals surface area contributed by atoms with Crippen molar-refractivity contribution >= 4 is 23.5 Å². The Bertz CT molecular complexity index is 861. The van der Waals surface area contributed by atoms with Crippen molar-refractivity contribution in [1.82, 2.24) is 4.90 Å². The van der Waals surface area contributed by atoms with E-state index in [1.165, 1.54) is 12.0 Å². The molecule has 27 heavy (non-hydrogen) atoms. The second kappa shape index (κ2) is 8.84. The Hall–Kier alpha value is -3.35. The molecule has 0 saturated carbocycles. The highest BCUT2D eigenvalue weighted by Crippen LogP contribution is 2.22. The number of carbonyl (C=O) groups is 3. The molecular weight excluding hydrogens is 348 g/mol. The van der Waals surface area contributed by atoms with Crippen molar-refractivity contribution in [2.75, 3.05) is 33.1 Å². The van der Waals surface area contributed by atoms with Crippen LogP contribution < -0.4 is 10.1 Å². The highest BCUT2D eigenvalue weighted by molar-refractivity contribution is 6.06. The van der Waals surface area contributed by atoms with Crippen LogP contribution in [0, 0.1) is 6.92 Å². The van der Waals surface area contributed by atoms with E-state index >= 15 is 0 Å². The Labute approximate surface area is 157 Å². The maximum atomic E-state index is 12.7. The van der Waals surface area contributed by atoms with E-state index in [4.69, 9.17) is 4.74 Å². The topological polar surface area (TPSA) is 84.9 Å². The summed E-state index contributed by atoms with van der Waals surface area (Å²) in [7, 11) is 4.57. The third kappa shape index (κ3) is 5.07. The summed E-state index contributed by atoms with van der Waals surface area (Å²) in [4.78, 5) is 37.4. The van der Waals surface area contributed by atoms with Crippen molar-refractivity contribution in [3.05, 3.63) is 59.2 Å². The van der Waals surface area contributed by atoms with Crippen LogP contribution in [-0.4, -0.2) is 50.5 Å². The first-order valence-corrected chi connectivity index (χ1v) is 8.25. The van der Waals surface area contributed by atoms with E-state index in [0.29, 0.717) is 28.1 Å². The molecule has 2 aromatic carbocycles. The molecule has 0 fully saturated rings. The van der Waals surface area contributed by atoms with Crippen LogP contribution in [0.15, 0.2) is 42.5 Å². The molecule has 0 bridgehead atoms. The van der Waals surface area contributed by atoms with E-state index < -0.39 is 5.97 Å². The number of likely N-dealkylation sites (N-methyl/N-ethyl adjacent to an activating group) is 1. The van der Waals surface area contributed by atoms with Gasteiger partial charge < -0.3 is 19.7 Å². The monoisotopic (exact) mass is 370 g/mol. The number of aryl methyl sites for hydroxylation is 1. The van der Waals surface area contributed by atoms with E-state index in [1.54, 1.807) is 63.5 Å². The molecule has 2 aromatic rings. The van der Waals surface area contributed by atoms with Gasteiger partial charge in [0.1, 0.15) is 5.75 Å². The molecule has 0 aliphatic carbocycles. The van der Waals surface area contributed by atoms with Gasteiger partial charge in [0.25, 0.3) is 11.8 Å². The van der Waals surface area contributed by atoms with Crippen molar-refractivity contribution in [3.63, 3.8) is 0 Å². The molecule has 0 aliphatic heterocycles. The maximum Gasteiger partial charge on any atom is 0.337 e. The van der Waals surface area contributed by atoms with Crippen molar-refractivity contribution in [2.45, 2.75) is 6.92 Å². The SMILES string of the molecule is COC(=O)c1ccc(NC(=O)c2ccccc2OCC(=O)N(C)C)c(C)c1. The van der Waals surface area contributed by atoms with Gasteiger partial charge in [-0.05, 0) is 42.8 Å². The van der Waals surface area contributed by atoms with Gasteiger partial charge in [-0.2, -0.15) is 0 Å². The van der Waals surface area contributed by atoms with Gasteiger partial charge in [0, 0.05) is 19.8 Å². The zero-order valence-corrected chi connectivity index (χ0v) is 15.7. The molecule has 0 heterocycles. The minimum Gasteiger partial charge on any atom is -0.483 e. The van der Waals surface area contributed by atoms with E-state index in [2.05, 4.69) is 10.1 Å².